The number of hydrogen-bond donors (Lipinski definition) is 0. The molecule has 20 heavy (non-hydrogen) atoms. The van der Waals surface area contributed by atoms with Gasteiger partial charge >= 0.3 is 5.97 Å². The smallest absolute Gasteiger partial charge is 0.305 e. The summed E-state index contributed by atoms with van der Waals surface area (Å²) in [6.07, 6.45) is 16.9. The molecule has 0 saturated carbocycles. The van der Waals surface area contributed by atoms with E-state index in [2.05, 4.69) is 13.8 Å². The van der Waals surface area contributed by atoms with Crippen molar-refractivity contribution in [1.29, 1.82) is 0 Å². The van der Waals surface area contributed by atoms with Gasteiger partial charge in [-0.15, -0.1) is 0 Å². The maximum absolute atomic E-state index is 11.5. The van der Waals surface area contributed by atoms with Crippen LogP contribution in [0.4, 0.5) is 0 Å². The third-order valence-electron chi connectivity index (χ3n) is 3.75. The van der Waals surface area contributed by atoms with Crippen molar-refractivity contribution in [2.24, 2.45) is 0 Å². The van der Waals surface area contributed by atoms with Gasteiger partial charge in [0.05, 0.1) is 6.61 Å². The van der Waals surface area contributed by atoms with Crippen molar-refractivity contribution in [2.45, 2.75) is 104 Å². The van der Waals surface area contributed by atoms with Gasteiger partial charge in [-0.05, 0) is 12.8 Å². The summed E-state index contributed by atoms with van der Waals surface area (Å²) in [5, 5.41) is 0. The molecule has 2 heteroatoms. The molecule has 0 saturated heterocycles. The lowest BCUT2D eigenvalue weighted by molar-refractivity contribution is -0.143. The minimum Gasteiger partial charge on any atom is -0.466 e. The number of hydrogen-bond acceptors (Lipinski definition) is 2. The fraction of sp³-hybridized carbons (Fsp3) is 0.944. The molecule has 0 heterocycles. The predicted molar refractivity (Wildman–Crippen MR) is 86.9 cm³/mol. The van der Waals surface area contributed by atoms with Gasteiger partial charge < -0.3 is 4.74 Å². The fourth-order valence-electron chi connectivity index (χ4n) is 2.37. The minimum atomic E-state index is 0.00412. The van der Waals surface area contributed by atoms with Gasteiger partial charge in [-0.3, -0.25) is 4.79 Å². The van der Waals surface area contributed by atoms with Gasteiger partial charge in [0, 0.05) is 6.42 Å². The number of rotatable bonds is 15. The molecule has 0 aliphatic heterocycles. The Kier molecular flexibility index (Phi) is 16.1. The molecule has 0 aromatic rings. The van der Waals surface area contributed by atoms with E-state index < -0.39 is 0 Å². The zero-order chi connectivity index (χ0) is 14.9. The van der Waals surface area contributed by atoms with E-state index in [1.807, 2.05) is 0 Å². The van der Waals surface area contributed by atoms with Crippen LogP contribution in [0, 0.1) is 0 Å². The minimum absolute atomic E-state index is 0.00412. The van der Waals surface area contributed by atoms with E-state index in [9.17, 15) is 4.79 Å². The molecule has 0 bridgehead atoms. The first kappa shape index (κ1) is 19.5. The third-order valence-corrected chi connectivity index (χ3v) is 3.75. The molecule has 0 spiro atoms. The Bertz CT molecular complexity index is 202. The van der Waals surface area contributed by atoms with E-state index in [0.717, 1.165) is 12.8 Å². The van der Waals surface area contributed by atoms with Crippen molar-refractivity contribution in [3.05, 3.63) is 0 Å². The van der Waals surface area contributed by atoms with Crippen molar-refractivity contribution in [3.8, 4) is 0 Å². The largest absolute Gasteiger partial charge is 0.466 e. The molecular weight excluding hydrogens is 248 g/mol. The van der Waals surface area contributed by atoms with Crippen LogP contribution in [0.1, 0.15) is 104 Å². The molecule has 0 aliphatic carbocycles. The summed E-state index contributed by atoms with van der Waals surface area (Å²) in [7, 11) is 0. The highest BCUT2D eigenvalue weighted by molar-refractivity contribution is 5.69. The number of esters is 1. The van der Waals surface area contributed by atoms with E-state index in [4.69, 9.17) is 4.74 Å². The maximum atomic E-state index is 11.5. The first-order chi connectivity index (χ1) is 9.81. The fourth-order valence-corrected chi connectivity index (χ4v) is 2.37. The second-order valence-corrected chi connectivity index (χ2v) is 5.86. The molecule has 0 radical (unpaired) electrons. The first-order valence-corrected chi connectivity index (χ1v) is 8.96. The third kappa shape index (κ3) is 15.5. The quantitative estimate of drug-likeness (QED) is 0.271. The van der Waals surface area contributed by atoms with E-state index >= 15 is 0 Å². The molecule has 0 aromatic carbocycles. The monoisotopic (exact) mass is 284 g/mol. The number of carbonyl (C=O) groups excluding carboxylic acids is 1. The predicted octanol–water partition coefficient (Wildman–Crippen LogP) is 6.03. The summed E-state index contributed by atoms with van der Waals surface area (Å²) in [4.78, 5) is 11.5. The van der Waals surface area contributed by atoms with E-state index in [1.165, 1.54) is 70.6 Å². The van der Waals surface area contributed by atoms with E-state index in [0.29, 0.717) is 13.0 Å². The lowest BCUT2D eigenvalue weighted by Crippen LogP contribution is -2.05. The number of carbonyl (C=O) groups is 1. The molecule has 2 nitrogen and oxygen atoms in total. The molecule has 0 fully saturated rings. The summed E-state index contributed by atoms with van der Waals surface area (Å²) >= 11 is 0. The Labute approximate surface area is 126 Å². The van der Waals surface area contributed by atoms with Crippen LogP contribution in [0.3, 0.4) is 0 Å². The first-order valence-electron chi connectivity index (χ1n) is 8.96. The van der Waals surface area contributed by atoms with Gasteiger partial charge in [-0.25, -0.2) is 0 Å². The number of ether oxygens (including phenoxy) is 1. The van der Waals surface area contributed by atoms with E-state index in [1.54, 1.807) is 0 Å². The van der Waals surface area contributed by atoms with Gasteiger partial charge in [0.1, 0.15) is 0 Å². The summed E-state index contributed by atoms with van der Waals surface area (Å²) in [6, 6.07) is 0. The zero-order valence-corrected chi connectivity index (χ0v) is 13.9. The average Bonchev–Trinajstić information content (AvgIpc) is 2.45. The molecule has 0 unspecified atom stereocenters. The molecular formula is C18H36O2. The molecule has 0 atom stereocenters. The van der Waals surface area contributed by atoms with Crippen LogP contribution < -0.4 is 0 Å². The summed E-state index contributed by atoms with van der Waals surface area (Å²) < 4.78 is 5.25. The van der Waals surface area contributed by atoms with Crippen LogP contribution in [0.5, 0.6) is 0 Å². The van der Waals surface area contributed by atoms with Crippen LogP contribution >= 0.6 is 0 Å². The maximum Gasteiger partial charge on any atom is 0.305 e. The number of unbranched alkanes of at least 4 members (excludes halogenated alkanes) is 11. The highest BCUT2D eigenvalue weighted by Gasteiger charge is 2.02. The normalized spacial score (nSPS) is 10.7. The molecule has 0 rings (SSSR count). The van der Waals surface area contributed by atoms with Gasteiger partial charge in [0.25, 0.3) is 0 Å². The summed E-state index contributed by atoms with van der Waals surface area (Å²) in [5.41, 5.74) is 0. The molecule has 120 valence electrons. The van der Waals surface area contributed by atoms with Gasteiger partial charge in [0.15, 0.2) is 0 Å². The second kappa shape index (κ2) is 16.5. The highest BCUT2D eigenvalue weighted by Crippen LogP contribution is 2.09. The van der Waals surface area contributed by atoms with Crippen LogP contribution in [-0.4, -0.2) is 12.6 Å². The van der Waals surface area contributed by atoms with Gasteiger partial charge in [-0.1, -0.05) is 84.5 Å². The van der Waals surface area contributed by atoms with Crippen LogP contribution in [0.2, 0.25) is 0 Å². The van der Waals surface area contributed by atoms with Gasteiger partial charge in [0.2, 0.25) is 0 Å². The standard InChI is InChI=1S/C18H36O2/c1-3-5-7-9-10-11-13-15-17-20-18(19)16-14-12-8-6-4-2/h3-17H2,1-2H3. The molecule has 0 aliphatic rings. The zero-order valence-electron chi connectivity index (χ0n) is 13.9. The SMILES string of the molecule is CCCCCCCCCCOC(=O)CCCCCCC. The average molecular weight is 284 g/mol. The van der Waals surface area contributed by atoms with Crippen molar-refractivity contribution in [1.82, 2.24) is 0 Å². The summed E-state index contributed by atoms with van der Waals surface area (Å²) in [5.74, 6) is 0.00412. The highest BCUT2D eigenvalue weighted by atomic mass is 16.5. The van der Waals surface area contributed by atoms with Crippen molar-refractivity contribution in [3.63, 3.8) is 0 Å². The van der Waals surface area contributed by atoms with Crippen LogP contribution in [0.25, 0.3) is 0 Å². The molecule has 0 aromatic heterocycles. The topological polar surface area (TPSA) is 26.3 Å². The van der Waals surface area contributed by atoms with Crippen LogP contribution in [-0.2, 0) is 9.53 Å². The van der Waals surface area contributed by atoms with Gasteiger partial charge in [-0.2, -0.15) is 0 Å². The van der Waals surface area contributed by atoms with Crippen molar-refractivity contribution < 1.29 is 9.53 Å². The van der Waals surface area contributed by atoms with Crippen LogP contribution in [0.15, 0.2) is 0 Å². The van der Waals surface area contributed by atoms with Crippen molar-refractivity contribution >= 4 is 5.97 Å². The Hall–Kier alpha value is -0.530. The Balaban J connectivity index is 3.11. The Morgan fingerprint density at radius 2 is 1.10 bits per heavy atom. The van der Waals surface area contributed by atoms with Crippen molar-refractivity contribution in [2.75, 3.05) is 6.61 Å². The lowest BCUT2D eigenvalue weighted by Gasteiger charge is -2.05. The Morgan fingerprint density at radius 3 is 1.65 bits per heavy atom. The molecule has 0 N–H and O–H groups in total. The second-order valence-electron chi connectivity index (χ2n) is 5.86. The van der Waals surface area contributed by atoms with E-state index in [-0.39, 0.29) is 5.97 Å². The lowest BCUT2D eigenvalue weighted by atomic mass is 10.1. The summed E-state index contributed by atoms with van der Waals surface area (Å²) in [6.45, 7) is 5.08. The molecule has 0 amide bonds. The Morgan fingerprint density at radius 1 is 0.650 bits per heavy atom.